The molecule has 0 aliphatic heterocycles. The molecular weight excluding hydrogens is 140 g/mol. The summed E-state index contributed by atoms with van der Waals surface area (Å²) in [6.45, 7) is 4.11. The van der Waals surface area contributed by atoms with Crippen LogP contribution in [0.4, 0.5) is 0 Å². The molecule has 0 aliphatic carbocycles. The second kappa shape index (κ2) is 4.76. The van der Waals surface area contributed by atoms with Crippen molar-refractivity contribution in [3.63, 3.8) is 0 Å². The van der Waals surface area contributed by atoms with Gasteiger partial charge in [-0.15, -0.1) is 0 Å². The lowest BCUT2D eigenvalue weighted by molar-refractivity contribution is 0.350. The Balaban J connectivity index is 3.10. The van der Waals surface area contributed by atoms with Crippen molar-refractivity contribution in [2.45, 2.75) is 13.8 Å². The summed E-state index contributed by atoms with van der Waals surface area (Å²) in [6, 6.07) is 0. The molecule has 0 aromatic heterocycles. The van der Waals surface area contributed by atoms with Crippen molar-refractivity contribution in [2.75, 3.05) is 6.61 Å². The first kappa shape index (κ1) is 8.91. The molecule has 0 rings (SSSR count). The molecular formula is C5H11O3S. The average Bonchev–Trinajstić information content (AvgIpc) is 1.63. The van der Waals surface area contributed by atoms with Gasteiger partial charge in [0.1, 0.15) is 0 Å². The van der Waals surface area contributed by atoms with Gasteiger partial charge in [-0.1, -0.05) is 13.8 Å². The van der Waals surface area contributed by atoms with Crippen LogP contribution in [-0.2, 0) is 15.2 Å². The van der Waals surface area contributed by atoms with Crippen molar-refractivity contribution >= 4 is 11.0 Å². The largest absolute Gasteiger partial charge is 0.272 e. The zero-order chi connectivity index (χ0) is 7.28. The van der Waals surface area contributed by atoms with Crippen LogP contribution in [0.25, 0.3) is 0 Å². The predicted molar refractivity (Wildman–Crippen MR) is 35.4 cm³/mol. The molecule has 0 spiro atoms. The molecule has 9 heavy (non-hydrogen) atoms. The van der Waals surface area contributed by atoms with Gasteiger partial charge < -0.3 is 0 Å². The highest BCUT2D eigenvalue weighted by Gasteiger charge is 1.93. The number of thiol groups is 1. The van der Waals surface area contributed by atoms with E-state index < -0.39 is 11.0 Å². The molecule has 0 fully saturated rings. The SMILES string of the molecule is CC(C)[CH]CO[SH](=O)=O. The van der Waals surface area contributed by atoms with Gasteiger partial charge in [0.15, 0.2) is 0 Å². The third kappa shape index (κ3) is 7.91. The number of hydrogen-bond donors (Lipinski definition) is 1. The minimum absolute atomic E-state index is 0.191. The second-order valence-electron chi connectivity index (χ2n) is 2.00. The minimum Gasteiger partial charge on any atom is -0.272 e. The molecule has 0 atom stereocenters. The van der Waals surface area contributed by atoms with E-state index in [-0.39, 0.29) is 6.61 Å². The lowest BCUT2D eigenvalue weighted by atomic mass is 10.2. The molecule has 0 aromatic carbocycles. The zero-order valence-electron chi connectivity index (χ0n) is 5.53. The molecule has 0 aliphatic rings. The van der Waals surface area contributed by atoms with Crippen LogP contribution >= 0.6 is 0 Å². The Hall–Kier alpha value is -0.0900. The molecule has 1 radical (unpaired) electrons. The van der Waals surface area contributed by atoms with Crippen LogP contribution in [0.15, 0.2) is 0 Å². The van der Waals surface area contributed by atoms with Gasteiger partial charge in [0, 0.05) is 0 Å². The molecule has 0 heterocycles. The van der Waals surface area contributed by atoms with Crippen molar-refractivity contribution in [3.05, 3.63) is 6.42 Å². The number of rotatable bonds is 4. The fraction of sp³-hybridized carbons (Fsp3) is 0.800. The quantitative estimate of drug-likeness (QED) is 0.591. The Morgan fingerprint density at radius 3 is 2.44 bits per heavy atom. The van der Waals surface area contributed by atoms with Crippen molar-refractivity contribution in [2.24, 2.45) is 5.92 Å². The first-order valence-corrected chi connectivity index (χ1v) is 3.83. The van der Waals surface area contributed by atoms with Gasteiger partial charge in [0.2, 0.25) is 0 Å². The third-order valence-electron chi connectivity index (χ3n) is 0.748. The average molecular weight is 151 g/mol. The molecule has 3 nitrogen and oxygen atoms in total. The molecule has 55 valence electrons. The summed E-state index contributed by atoms with van der Waals surface area (Å²) in [6.07, 6.45) is 1.78. The van der Waals surface area contributed by atoms with Gasteiger partial charge in [0.25, 0.3) is 11.0 Å². The highest BCUT2D eigenvalue weighted by molar-refractivity contribution is 7.67. The van der Waals surface area contributed by atoms with E-state index in [4.69, 9.17) is 0 Å². The van der Waals surface area contributed by atoms with Crippen LogP contribution in [0, 0.1) is 12.3 Å². The van der Waals surface area contributed by atoms with E-state index in [1.165, 1.54) is 0 Å². The maximum atomic E-state index is 9.78. The number of hydrogen-bond acceptors (Lipinski definition) is 3. The summed E-state index contributed by atoms with van der Waals surface area (Å²) in [7, 11) is -2.66. The van der Waals surface area contributed by atoms with E-state index in [0.29, 0.717) is 5.92 Å². The lowest BCUT2D eigenvalue weighted by Gasteiger charge is -1.98. The van der Waals surface area contributed by atoms with Crippen molar-refractivity contribution in [1.82, 2.24) is 0 Å². The van der Waals surface area contributed by atoms with Crippen molar-refractivity contribution in [3.8, 4) is 0 Å². The van der Waals surface area contributed by atoms with E-state index in [1.54, 1.807) is 6.42 Å². The molecule has 0 aromatic rings. The molecule has 0 N–H and O–H groups in total. The van der Waals surface area contributed by atoms with Gasteiger partial charge in [-0.3, -0.25) is 4.18 Å². The van der Waals surface area contributed by atoms with Crippen LogP contribution in [0.3, 0.4) is 0 Å². The molecule has 0 saturated heterocycles. The van der Waals surface area contributed by atoms with E-state index in [2.05, 4.69) is 4.18 Å². The third-order valence-corrected chi connectivity index (χ3v) is 1.11. The van der Waals surface area contributed by atoms with Crippen LogP contribution in [0.2, 0.25) is 0 Å². The van der Waals surface area contributed by atoms with Gasteiger partial charge in [0.05, 0.1) is 6.61 Å². The Bertz CT molecular complexity index is 120. The highest BCUT2D eigenvalue weighted by atomic mass is 32.2. The van der Waals surface area contributed by atoms with Crippen molar-refractivity contribution in [1.29, 1.82) is 0 Å². The normalized spacial score (nSPS) is 11.1. The van der Waals surface area contributed by atoms with Gasteiger partial charge in [-0.2, -0.15) is 0 Å². The Kier molecular flexibility index (Phi) is 4.71. The molecule has 4 heteroatoms. The van der Waals surface area contributed by atoms with E-state index >= 15 is 0 Å². The zero-order valence-corrected chi connectivity index (χ0v) is 6.43. The summed E-state index contributed by atoms with van der Waals surface area (Å²) in [5, 5.41) is 0. The lowest BCUT2D eigenvalue weighted by Crippen LogP contribution is -1.97. The summed E-state index contributed by atoms with van der Waals surface area (Å²) in [5.74, 6) is 0.375. The van der Waals surface area contributed by atoms with Gasteiger partial charge in [-0.25, -0.2) is 8.42 Å². The van der Waals surface area contributed by atoms with E-state index in [1.807, 2.05) is 13.8 Å². The minimum atomic E-state index is -2.66. The first-order valence-electron chi connectivity index (χ1n) is 2.73. The predicted octanol–water partition coefficient (Wildman–Crippen LogP) is 0.390. The van der Waals surface area contributed by atoms with Gasteiger partial charge >= 0.3 is 0 Å². The summed E-state index contributed by atoms with van der Waals surface area (Å²) in [5.41, 5.74) is 0. The maximum Gasteiger partial charge on any atom is 0.257 e. The van der Waals surface area contributed by atoms with Crippen LogP contribution in [0.5, 0.6) is 0 Å². The highest BCUT2D eigenvalue weighted by Crippen LogP contribution is 1.96. The monoisotopic (exact) mass is 151 g/mol. The van der Waals surface area contributed by atoms with Crippen LogP contribution < -0.4 is 0 Å². The summed E-state index contributed by atoms with van der Waals surface area (Å²) >= 11 is 0. The molecule has 0 bridgehead atoms. The Morgan fingerprint density at radius 2 is 2.11 bits per heavy atom. The Morgan fingerprint density at radius 1 is 1.56 bits per heavy atom. The smallest absolute Gasteiger partial charge is 0.257 e. The second-order valence-corrected chi connectivity index (χ2v) is 2.70. The fourth-order valence-corrected chi connectivity index (χ4v) is 0.504. The summed E-state index contributed by atoms with van der Waals surface area (Å²) in [4.78, 5) is 0. The molecule has 0 saturated carbocycles. The summed E-state index contributed by atoms with van der Waals surface area (Å²) < 4.78 is 23.8. The fourth-order valence-electron chi connectivity index (χ4n) is 0.296. The van der Waals surface area contributed by atoms with E-state index in [0.717, 1.165) is 0 Å². The van der Waals surface area contributed by atoms with Gasteiger partial charge in [-0.05, 0) is 12.3 Å². The van der Waals surface area contributed by atoms with Crippen molar-refractivity contribution < 1.29 is 12.6 Å². The Labute approximate surface area is 57.2 Å². The van der Waals surface area contributed by atoms with Crippen LogP contribution in [0.1, 0.15) is 13.8 Å². The first-order chi connectivity index (χ1) is 4.13. The standard InChI is InChI=1S/C5H11O3S/c1-5(2)3-4-8-9(6)7/h3,5,9H,4H2,1-2H3. The maximum absolute atomic E-state index is 9.78. The topological polar surface area (TPSA) is 43.4 Å². The molecule has 0 unspecified atom stereocenters. The van der Waals surface area contributed by atoms with E-state index in [9.17, 15) is 8.42 Å². The van der Waals surface area contributed by atoms with Crippen LogP contribution in [-0.4, -0.2) is 15.0 Å². The molecule has 0 amide bonds.